The predicted molar refractivity (Wildman–Crippen MR) is 94.3 cm³/mol. The van der Waals surface area contributed by atoms with Crippen molar-refractivity contribution in [3.8, 4) is 0 Å². The van der Waals surface area contributed by atoms with E-state index in [9.17, 15) is 9.13 Å². The zero-order valence-electron chi connectivity index (χ0n) is 13.7. The molecule has 0 N–H and O–H groups in total. The molecule has 0 aliphatic rings. The van der Waals surface area contributed by atoms with E-state index in [0.29, 0.717) is 5.56 Å². The summed E-state index contributed by atoms with van der Waals surface area (Å²) >= 11 is 5.99. The fraction of sp³-hybridized carbons (Fsp3) is 0.615. The first-order valence-electron chi connectivity index (χ1n) is 6.63. The SMILES string of the molecule is C[Si](C)(C)OC(c1ccnc(Cl)c1)(P(C)(C)=O)P(C)(C)=O. The molecule has 0 aromatic carbocycles. The zero-order chi connectivity index (χ0) is 16.7. The van der Waals surface area contributed by atoms with Gasteiger partial charge >= 0.3 is 0 Å². The molecule has 0 aliphatic heterocycles. The molecule has 0 fully saturated rings. The molecule has 21 heavy (non-hydrogen) atoms. The van der Waals surface area contributed by atoms with Crippen LogP contribution >= 0.6 is 25.9 Å². The van der Waals surface area contributed by atoms with Crippen LogP contribution in [0.2, 0.25) is 24.8 Å². The average molecular weight is 368 g/mol. The van der Waals surface area contributed by atoms with Crippen molar-refractivity contribution in [2.24, 2.45) is 0 Å². The van der Waals surface area contributed by atoms with Gasteiger partial charge in [0.1, 0.15) is 19.4 Å². The molecule has 0 aliphatic carbocycles. The third-order valence-corrected chi connectivity index (χ3v) is 11.0. The Labute approximate surface area is 133 Å². The van der Waals surface area contributed by atoms with Crippen molar-refractivity contribution in [2.45, 2.75) is 24.7 Å². The molecular weight excluding hydrogens is 344 g/mol. The highest BCUT2D eigenvalue weighted by Crippen LogP contribution is 2.76. The van der Waals surface area contributed by atoms with E-state index in [1.165, 1.54) is 6.20 Å². The Hall–Kier alpha value is 0.0769. The molecule has 0 amide bonds. The first kappa shape index (κ1) is 19.1. The van der Waals surface area contributed by atoms with Crippen LogP contribution in [0.15, 0.2) is 18.3 Å². The molecule has 0 bridgehead atoms. The minimum atomic E-state index is -2.90. The molecule has 0 saturated carbocycles. The summed E-state index contributed by atoms with van der Waals surface area (Å²) in [6.07, 6.45) is 1.53. The van der Waals surface area contributed by atoms with Gasteiger partial charge in [0.2, 0.25) is 0 Å². The number of halogens is 1. The van der Waals surface area contributed by atoms with Gasteiger partial charge in [0.05, 0.1) is 0 Å². The van der Waals surface area contributed by atoms with Crippen molar-refractivity contribution in [3.05, 3.63) is 29.0 Å². The molecule has 0 atom stereocenters. The van der Waals surface area contributed by atoms with Crippen LogP contribution in [-0.4, -0.2) is 40.0 Å². The highest BCUT2D eigenvalue weighted by atomic mass is 35.5. The van der Waals surface area contributed by atoms with Crippen molar-refractivity contribution >= 4 is 34.2 Å². The topological polar surface area (TPSA) is 56.3 Å². The summed E-state index contributed by atoms with van der Waals surface area (Å²) in [6.45, 7) is 12.5. The molecule has 0 saturated heterocycles. The summed E-state index contributed by atoms with van der Waals surface area (Å²) in [7, 11) is -7.93. The van der Waals surface area contributed by atoms with Crippen molar-refractivity contribution in [3.63, 3.8) is 0 Å². The molecule has 120 valence electrons. The Morgan fingerprint density at radius 2 is 1.62 bits per heavy atom. The van der Waals surface area contributed by atoms with Gasteiger partial charge in [-0.25, -0.2) is 4.98 Å². The Balaban J connectivity index is 3.77. The second-order valence-corrected chi connectivity index (χ2v) is 18.7. The Bertz CT molecular complexity index is 596. The lowest BCUT2D eigenvalue weighted by Crippen LogP contribution is -2.40. The normalized spacial score (nSPS) is 14.3. The van der Waals surface area contributed by atoms with E-state index in [1.54, 1.807) is 38.8 Å². The van der Waals surface area contributed by atoms with Crippen molar-refractivity contribution in [2.75, 3.05) is 26.7 Å². The third-order valence-electron chi connectivity index (χ3n) is 3.01. The van der Waals surface area contributed by atoms with Crippen LogP contribution in [0.1, 0.15) is 5.56 Å². The lowest BCUT2D eigenvalue weighted by Gasteiger charge is -2.44. The van der Waals surface area contributed by atoms with Crippen LogP contribution in [-0.2, 0) is 18.6 Å². The standard InChI is InChI=1S/C13H24ClNO3P2Si/c1-19(2,16)13(20(3,4)17,18-21(5,6)7)11-8-9-15-12(14)10-11/h8-10H,1-7H3. The molecule has 4 nitrogen and oxygen atoms in total. The lowest BCUT2D eigenvalue weighted by molar-refractivity contribution is 0.223. The molecule has 1 rings (SSSR count). The number of pyridine rings is 1. The summed E-state index contributed by atoms with van der Waals surface area (Å²) in [5.41, 5.74) is 0.589. The van der Waals surface area contributed by atoms with E-state index in [0.717, 1.165) is 0 Å². The van der Waals surface area contributed by atoms with Crippen LogP contribution in [0.25, 0.3) is 0 Å². The maximum absolute atomic E-state index is 13.1. The predicted octanol–water partition coefficient (Wildman–Crippen LogP) is 4.94. The molecule has 1 aromatic rings. The largest absolute Gasteiger partial charge is 0.396 e. The zero-order valence-corrected chi connectivity index (χ0v) is 17.2. The number of nitrogens with zero attached hydrogens (tertiary/aromatic N) is 1. The monoisotopic (exact) mass is 367 g/mol. The molecule has 0 unspecified atom stereocenters. The number of hydrogen-bond donors (Lipinski definition) is 0. The highest BCUT2D eigenvalue weighted by molar-refractivity contribution is 7.81. The summed E-state index contributed by atoms with van der Waals surface area (Å²) in [6, 6.07) is 3.31. The lowest BCUT2D eigenvalue weighted by atomic mass is 10.3. The summed E-state index contributed by atoms with van der Waals surface area (Å²) in [5.74, 6) is 0. The second kappa shape index (κ2) is 5.94. The Morgan fingerprint density at radius 3 is 1.95 bits per heavy atom. The van der Waals surface area contributed by atoms with Gasteiger partial charge in [0.15, 0.2) is 13.4 Å². The number of rotatable bonds is 5. The van der Waals surface area contributed by atoms with E-state index in [1.807, 2.05) is 19.6 Å². The van der Waals surface area contributed by atoms with E-state index in [2.05, 4.69) is 4.98 Å². The first-order chi connectivity index (χ1) is 9.21. The maximum Gasteiger partial charge on any atom is 0.188 e. The molecule has 1 aromatic heterocycles. The molecular formula is C13H24ClNO3P2Si. The fourth-order valence-electron chi connectivity index (χ4n) is 2.51. The van der Waals surface area contributed by atoms with Crippen LogP contribution < -0.4 is 0 Å². The van der Waals surface area contributed by atoms with Crippen molar-refractivity contribution in [1.29, 1.82) is 0 Å². The molecule has 0 radical (unpaired) electrons. The number of aromatic nitrogens is 1. The number of hydrogen-bond acceptors (Lipinski definition) is 4. The van der Waals surface area contributed by atoms with E-state index >= 15 is 0 Å². The van der Waals surface area contributed by atoms with E-state index in [4.69, 9.17) is 16.0 Å². The highest BCUT2D eigenvalue weighted by Gasteiger charge is 2.55. The molecule has 1 heterocycles. The molecule has 0 spiro atoms. The summed E-state index contributed by atoms with van der Waals surface area (Å²) in [4.78, 5) is 3.96. The smallest absolute Gasteiger partial charge is 0.188 e. The van der Waals surface area contributed by atoms with Gasteiger partial charge in [0, 0.05) is 11.8 Å². The summed E-state index contributed by atoms with van der Waals surface area (Å²) < 4.78 is 32.6. The van der Waals surface area contributed by atoms with Crippen LogP contribution in [0, 0.1) is 0 Å². The van der Waals surface area contributed by atoms with Gasteiger partial charge in [0.25, 0.3) is 0 Å². The van der Waals surface area contributed by atoms with Crippen molar-refractivity contribution < 1.29 is 13.6 Å². The van der Waals surface area contributed by atoms with E-state index < -0.39 is 27.7 Å². The van der Waals surface area contributed by atoms with Gasteiger partial charge in [-0.1, -0.05) is 11.6 Å². The van der Waals surface area contributed by atoms with Gasteiger partial charge in [-0.15, -0.1) is 0 Å². The van der Waals surface area contributed by atoms with Gasteiger partial charge in [-0.05, 0) is 58.4 Å². The van der Waals surface area contributed by atoms with Gasteiger partial charge in [-0.3, -0.25) is 0 Å². The summed E-state index contributed by atoms with van der Waals surface area (Å²) in [5, 5.41) is -1.03. The van der Waals surface area contributed by atoms with Gasteiger partial charge < -0.3 is 13.6 Å². The minimum absolute atomic E-state index is 0.276. The second-order valence-electron chi connectivity index (χ2n) is 6.89. The van der Waals surface area contributed by atoms with Crippen LogP contribution in [0.4, 0.5) is 0 Å². The first-order valence-corrected chi connectivity index (χ1v) is 15.6. The third kappa shape index (κ3) is 4.08. The van der Waals surface area contributed by atoms with Crippen molar-refractivity contribution in [1.82, 2.24) is 4.98 Å². The maximum atomic E-state index is 13.1. The average Bonchev–Trinajstić information content (AvgIpc) is 2.21. The van der Waals surface area contributed by atoms with E-state index in [-0.39, 0.29) is 5.15 Å². The minimum Gasteiger partial charge on any atom is -0.396 e. The van der Waals surface area contributed by atoms with Crippen LogP contribution in [0.3, 0.4) is 0 Å². The van der Waals surface area contributed by atoms with Crippen LogP contribution in [0.5, 0.6) is 0 Å². The fourth-order valence-corrected chi connectivity index (χ4v) is 13.2. The quantitative estimate of drug-likeness (QED) is 0.420. The molecule has 8 heteroatoms. The van der Waals surface area contributed by atoms with Gasteiger partial charge in [-0.2, -0.15) is 0 Å². The Morgan fingerprint density at radius 1 is 1.14 bits per heavy atom. The Kier molecular flexibility index (Phi) is 5.41.